The topological polar surface area (TPSA) is 59.8 Å². The van der Waals surface area contributed by atoms with E-state index in [-0.39, 0.29) is 17.3 Å². The number of thioether (sulfide) groups is 1. The monoisotopic (exact) mass is 402 g/mol. The SMILES string of the molecule is Cn1c(SCC(=O)Nc2ccccc2F)nnc1-c1csc2c1CCCC2. The zero-order valence-electron chi connectivity index (χ0n) is 14.9. The van der Waals surface area contributed by atoms with Crippen molar-refractivity contribution in [1.29, 1.82) is 0 Å². The number of carbonyl (C=O) groups excluding carboxylic acids is 1. The Kier molecular flexibility index (Phi) is 5.27. The molecule has 4 rings (SSSR count). The molecule has 140 valence electrons. The molecule has 0 aliphatic heterocycles. The molecule has 1 aliphatic carbocycles. The average Bonchev–Trinajstić information content (AvgIpc) is 3.25. The van der Waals surface area contributed by atoms with Crippen molar-refractivity contribution in [2.75, 3.05) is 11.1 Å². The van der Waals surface area contributed by atoms with E-state index < -0.39 is 5.82 Å². The summed E-state index contributed by atoms with van der Waals surface area (Å²) in [6.07, 6.45) is 4.71. The first kappa shape index (κ1) is 18.2. The molecule has 5 nitrogen and oxygen atoms in total. The highest BCUT2D eigenvalue weighted by molar-refractivity contribution is 7.99. The molecule has 1 N–H and O–H groups in total. The molecule has 0 radical (unpaired) electrons. The van der Waals surface area contributed by atoms with Crippen LogP contribution in [0.1, 0.15) is 23.3 Å². The predicted molar refractivity (Wildman–Crippen MR) is 107 cm³/mol. The predicted octanol–water partition coefficient (Wildman–Crippen LogP) is 4.29. The zero-order chi connectivity index (χ0) is 18.8. The number of nitrogens with one attached hydrogen (secondary N) is 1. The highest BCUT2D eigenvalue weighted by Gasteiger charge is 2.21. The van der Waals surface area contributed by atoms with Gasteiger partial charge in [0.15, 0.2) is 11.0 Å². The fourth-order valence-corrected chi connectivity index (χ4v) is 5.07. The third-order valence-corrected chi connectivity index (χ3v) is 6.73. The molecule has 1 aliphatic rings. The number of hydrogen-bond donors (Lipinski definition) is 1. The van der Waals surface area contributed by atoms with Crippen LogP contribution in [0.4, 0.5) is 10.1 Å². The van der Waals surface area contributed by atoms with Gasteiger partial charge in [-0.3, -0.25) is 4.79 Å². The second kappa shape index (κ2) is 7.82. The van der Waals surface area contributed by atoms with Crippen molar-refractivity contribution in [1.82, 2.24) is 14.8 Å². The Bertz CT molecular complexity index is 982. The van der Waals surface area contributed by atoms with Crippen LogP contribution >= 0.6 is 23.1 Å². The van der Waals surface area contributed by atoms with E-state index in [1.54, 1.807) is 23.5 Å². The molecule has 2 heterocycles. The maximum Gasteiger partial charge on any atom is 0.234 e. The maximum atomic E-state index is 13.6. The molecular formula is C19H19FN4OS2. The third kappa shape index (κ3) is 3.77. The second-order valence-electron chi connectivity index (χ2n) is 6.44. The zero-order valence-corrected chi connectivity index (χ0v) is 16.5. The molecule has 8 heteroatoms. The van der Waals surface area contributed by atoms with Gasteiger partial charge in [-0.15, -0.1) is 21.5 Å². The number of benzene rings is 1. The molecule has 0 saturated carbocycles. The highest BCUT2D eigenvalue weighted by Crippen LogP contribution is 2.36. The van der Waals surface area contributed by atoms with Crippen LogP contribution in [-0.4, -0.2) is 26.4 Å². The van der Waals surface area contributed by atoms with Gasteiger partial charge in [-0.2, -0.15) is 0 Å². The van der Waals surface area contributed by atoms with Crippen LogP contribution in [-0.2, 0) is 24.7 Å². The molecule has 2 aromatic heterocycles. The summed E-state index contributed by atoms with van der Waals surface area (Å²) in [4.78, 5) is 13.6. The van der Waals surface area contributed by atoms with Crippen molar-refractivity contribution in [3.05, 3.63) is 45.9 Å². The van der Waals surface area contributed by atoms with E-state index in [2.05, 4.69) is 20.9 Å². The van der Waals surface area contributed by atoms with Gasteiger partial charge in [0.1, 0.15) is 5.82 Å². The molecule has 0 fully saturated rings. The summed E-state index contributed by atoms with van der Waals surface area (Å²) in [7, 11) is 1.92. The first-order valence-corrected chi connectivity index (χ1v) is 10.7. The van der Waals surface area contributed by atoms with Gasteiger partial charge in [-0.1, -0.05) is 23.9 Å². The van der Waals surface area contributed by atoms with Crippen molar-refractivity contribution in [3.8, 4) is 11.4 Å². The summed E-state index contributed by atoms with van der Waals surface area (Å²) in [5, 5.41) is 14.0. The Morgan fingerprint density at radius 3 is 2.96 bits per heavy atom. The number of para-hydroxylation sites is 1. The minimum Gasteiger partial charge on any atom is -0.323 e. The Hall–Kier alpha value is -2.19. The van der Waals surface area contributed by atoms with E-state index in [1.807, 2.05) is 11.6 Å². The number of anilines is 1. The van der Waals surface area contributed by atoms with E-state index in [4.69, 9.17) is 0 Å². The number of hydrogen-bond acceptors (Lipinski definition) is 5. The molecule has 0 unspecified atom stereocenters. The summed E-state index contributed by atoms with van der Waals surface area (Å²) >= 11 is 3.09. The lowest BCUT2D eigenvalue weighted by Gasteiger charge is -2.12. The van der Waals surface area contributed by atoms with E-state index in [0.717, 1.165) is 24.2 Å². The quantitative estimate of drug-likeness (QED) is 0.647. The van der Waals surface area contributed by atoms with Gasteiger partial charge >= 0.3 is 0 Å². The first-order chi connectivity index (χ1) is 13.1. The largest absolute Gasteiger partial charge is 0.323 e. The number of aromatic nitrogens is 3. The molecule has 1 amide bonds. The minimum absolute atomic E-state index is 0.141. The van der Waals surface area contributed by atoms with Gasteiger partial charge in [0.05, 0.1) is 11.4 Å². The van der Waals surface area contributed by atoms with E-state index in [9.17, 15) is 9.18 Å². The molecule has 0 atom stereocenters. The molecule has 0 spiro atoms. The van der Waals surface area contributed by atoms with Crippen LogP contribution in [0, 0.1) is 5.82 Å². The number of fused-ring (bicyclic) bond motifs is 1. The van der Waals surface area contributed by atoms with E-state index >= 15 is 0 Å². The Morgan fingerprint density at radius 1 is 1.30 bits per heavy atom. The van der Waals surface area contributed by atoms with Crippen LogP contribution in [0.15, 0.2) is 34.8 Å². The van der Waals surface area contributed by atoms with Crippen molar-refractivity contribution in [2.45, 2.75) is 30.8 Å². The number of rotatable bonds is 5. The second-order valence-corrected chi connectivity index (χ2v) is 8.35. The van der Waals surface area contributed by atoms with Gasteiger partial charge < -0.3 is 9.88 Å². The summed E-state index contributed by atoms with van der Waals surface area (Å²) in [6.45, 7) is 0. The smallest absolute Gasteiger partial charge is 0.234 e. The molecular weight excluding hydrogens is 383 g/mol. The van der Waals surface area contributed by atoms with E-state index in [1.165, 1.54) is 47.2 Å². The summed E-state index contributed by atoms with van der Waals surface area (Å²) in [5.74, 6) is 0.259. The Morgan fingerprint density at radius 2 is 2.11 bits per heavy atom. The molecule has 0 bridgehead atoms. The number of nitrogens with zero attached hydrogens (tertiary/aromatic N) is 3. The van der Waals surface area contributed by atoms with Gasteiger partial charge in [0.25, 0.3) is 0 Å². The normalized spacial score (nSPS) is 13.4. The van der Waals surface area contributed by atoms with Crippen LogP contribution in [0.2, 0.25) is 0 Å². The average molecular weight is 403 g/mol. The van der Waals surface area contributed by atoms with Gasteiger partial charge in [-0.25, -0.2) is 4.39 Å². The van der Waals surface area contributed by atoms with Gasteiger partial charge in [0, 0.05) is 22.9 Å². The molecule has 0 saturated heterocycles. The number of halogens is 1. The summed E-state index contributed by atoms with van der Waals surface area (Å²) in [6, 6.07) is 6.13. The van der Waals surface area contributed by atoms with Crippen LogP contribution in [0.25, 0.3) is 11.4 Å². The lowest BCUT2D eigenvalue weighted by Crippen LogP contribution is -2.15. The first-order valence-electron chi connectivity index (χ1n) is 8.79. The maximum absolute atomic E-state index is 13.6. The van der Waals surface area contributed by atoms with Crippen molar-refractivity contribution >= 4 is 34.7 Å². The number of carbonyl (C=O) groups is 1. The van der Waals surface area contributed by atoms with E-state index in [0.29, 0.717) is 5.16 Å². The van der Waals surface area contributed by atoms with Crippen LogP contribution < -0.4 is 5.32 Å². The number of amides is 1. The van der Waals surface area contributed by atoms with Crippen LogP contribution in [0.5, 0.6) is 0 Å². The fourth-order valence-electron chi connectivity index (χ4n) is 3.24. The third-order valence-electron chi connectivity index (χ3n) is 4.62. The molecule has 27 heavy (non-hydrogen) atoms. The summed E-state index contributed by atoms with van der Waals surface area (Å²) in [5.41, 5.74) is 2.75. The number of aryl methyl sites for hydroxylation is 1. The molecule has 1 aromatic carbocycles. The van der Waals surface area contributed by atoms with Gasteiger partial charge in [-0.05, 0) is 43.4 Å². The van der Waals surface area contributed by atoms with Crippen molar-refractivity contribution < 1.29 is 9.18 Å². The van der Waals surface area contributed by atoms with Gasteiger partial charge in [0.2, 0.25) is 5.91 Å². The highest BCUT2D eigenvalue weighted by atomic mass is 32.2. The van der Waals surface area contributed by atoms with Crippen molar-refractivity contribution in [2.24, 2.45) is 7.05 Å². The summed E-state index contributed by atoms with van der Waals surface area (Å²) < 4.78 is 15.6. The lowest BCUT2D eigenvalue weighted by molar-refractivity contribution is -0.113. The fraction of sp³-hybridized carbons (Fsp3) is 0.316. The number of thiophene rings is 1. The van der Waals surface area contributed by atoms with Crippen LogP contribution in [0.3, 0.4) is 0 Å². The lowest BCUT2D eigenvalue weighted by atomic mass is 9.96. The Balaban J connectivity index is 1.44. The molecule has 3 aromatic rings. The minimum atomic E-state index is -0.445. The van der Waals surface area contributed by atoms with Crippen molar-refractivity contribution in [3.63, 3.8) is 0 Å². The Labute approximate surface area is 165 Å². The standard InChI is InChI=1S/C19H19FN4OS2/c1-24-18(13-10-26-16-9-5-2-6-12(13)16)22-23-19(24)27-11-17(25)21-15-8-4-3-7-14(15)20/h3-4,7-8,10H,2,5-6,9,11H2,1H3,(H,21,25).